The Morgan fingerprint density at radius 3 is 2.53 bits per heavy atom. The molecular formula is C12H14N6S. The van der Waals surface area contributed by atoms with Crippen molar-refractivity contribution in [2.24, 2.45) is 0 Å². The Kier molecular flexibility index (Phi) is 3.45. The maximum atomic E-state index is 5.77. The summed E-state index contributed by atoms with van der Waals surface area (Å²) >= 11 is 1.47. The van der Waals surface area contributed by atoms with Crippen LogP contribution in [0.3, 0.4) is 0 Å². The van der Waals surface area contributed by atoms with E-state index in [1.54, 1.807) is 12.4 Å². The fourth-order valence-electron chi connectivity index (χ4n) is 1.98. The topological polar surface area (TPSA) is 80.8 Å². The van der Waals surface area contributed by atoms with Gasteiger partial charge >= 0.3 is 0 Å². The minimum atomic E-state index is 0.272. The number of nitrogens with two attached hydrogens (primary N) is 1. The van der Waals surface area contributed by atoms with Gasteiger partial charge in [0, 0.05) is 30.4 Å². The van der Waals surface area contributed by atoms with Crippen molar-refractivity contribution >= 4 is 23.7 Å². The van der Waals surface area contributed by atoms with Gasteiger partial charge in [-0.15, -0.1) is 0 Å². The van der Waals surface area contributed by atoms with Crippen molar-refractivity contribution in [1.82, 2.24) is 19.9 Å². The van der Waals surface area contributed by atoms with E-state index >= 15 is 0 Å². The Morgan fingerprint density at radius 1 is 1.05 bits per heavy atom. The molecule has 0 bridgehead atoms. The third-order valence-corrected chi connectivity index (χ3v) is 3.74. The summed E-state index contributed by atoms with van der Waals surface area (Å²) in [4.78, 5) is 20.0. The van der Waals surface area contributed by atoms with Crippen LogP contribution in [0.2, 0.25) is 0 Å². The largest absolute Gasteiger partial charge is 0.368 e. The summed E-state index contributed by atoms with van der Waals surface area (Å²) in [6.45, 7) is 1.98. The maximum absolute atomic E-state index is 5.77. The Hall–Kier alpha value is -1.89. The highest BCUT2D eigenvalue weighted by Crippen LogP contribution is 2.26. The van der Waals surface area contributed by atoms with E-state index in [1.807, 2.05) is 12.1 Å². The van der Waals surface area contributed by atoms with Crippen LogP contribution >= 0.6 is 11.8 Å². The molecule has 0 amide bonds. The average Bonchev–Trinajstić information content (AvgIpc) is 2.93. The van der Waals surface area contributed by atoms with Crippen molar-refractivity contribution in [1.29, 1.82) is 0 Å². The van der Waals surface area contributed by atoms with Crippen molar-refractivity contribution < 1.29 is 0 Å². The molecule has 1 saturated heterocycles. The molecule has 1 aliphatic heterocycles. The van der Waals surface area contributed by atoms with Crippen LogP contribution in [0.4, 0.5) is 11.9 Å². The minimum absolute atomic E-state index is 0.272. The molecule has 1 fully saturated rings. The molecule has 1 aliphatic rings. The molecule has 0 atom stereocenters. The zero-order chi connectivity index (χ0) is 13.1. The fraction of sp³-hybridized carbons (Fsp3) is 0.333. The molecule has 6 nitrogen and oxygen atoms in total. The molecule has 3 rings (SSSR count). The van der Waals surface area contributed by atoms with Gasteiger partial charge in [-0.2, -0.15) is 15.0 Å². The zero-order valence-corrected chi connectivity index (χ0v) is 11.2. The van der Waals surface area contributed by atoms with Crippen molar-refractivity contribution in [2.45, 2.75) is 22.9 Å². The van der Waals surface area contributed by atoms with E-state index in [2.05, 4.69) is 24.8 Å². The summed E-state index contributed by atoms with van der Waals surface area (Å²) in [6, 6.07) is 3.83. The van der Waals surface area contributed by atoms with E-state index in [-0.39, 0.29) is 5.95 Å². The second kappa shape index (κ2) is 5.40. The number of pyridine rings is 1. The van der Waals surface area contributed by atoms with Crippen LogP contribution in [0, 0.1) is 0 Å². The molecule has 2 N–H and O–H groups in total. The number of hydrogen-bond acceptors (Lipinski definition) is 7. The first kappa shape index (κ1) is 12.2. The van der Waals surface area contributed by atoms with Gasteiger partial charge in [-0.1, -0.05) is 0 Å². The third-order valence-electron chi connectivity index (χ3n) is 2.87. The number of hydrogen-bond donors (Lipinski definition) is 1. The van der Waals surface area contributed by atoms with Crippen LogP contribution < -0.4 is 10.6 Å². The lowest BCUT2D eigenvalue weighted by molar-refractivity contribution is 0.834. The van der Waals surface area contributed by atoms with Gasteiger partial charge in [0.25, 0.3) is 0 Å². The SMILES string of the molecule is Nc1nc(Sc2ccncc2)nc(N2CCCC2)n1. The number of nitrogens with zero attached hydrogens (tertiary/aromatic N) is 5. The standard InChI is InChI=1S/C12H14N6S/c13-10-15-11(18-7-1-2-8-18)17-12(16-10)19-9-3-5-14-6-4-9/h3-6H,1-2,7-8H2,(H2,13,15,16,17). The quantitative estimate of drug-likeness (QED) is 0.910. The average molecular weight is 274 g/mol. The molecule has 7 heteroatoms. The predicted molar refractivity (Wildman–Crippen MR) is 74.0 cm³/mol. The third kappa shape index (κ3) is 2.93. The van der Waals surface area contributed by atoms with Crippen molar-refractivity contribution in [3.05, 3.63) is 24.5 Å². The van der Waals surface area contributed by atoms with E-state index in [4.69, 9.17) is 5.73 Å². The van der Waals surface area contributed by atoms with Gasteiger partial charge in [0.2, 0.25) is 11.9 Å². The lowest BCUT2D eigenvalue weighted by atomic mass is 10.4. The summed E-state index contributed by atoms with van der Waals surface area (Å²) < 4.78 is 0. The normalized spacial score (nSPS) is 14.8. The molecule has 0 unspecified atom stereocenters. The van der Waals surface area contributed by atoms with Gasteiger partial charge in [0.15, 0.2) is 5.16 Å². The molecule has 3 heterocycles. The van der Waals surface area contributed by atoms with Gasteiger partial charge in [-0.25, -0.2) is 0 Å². The van der Waals surface area contributed by atoms with Gasteiger partial charge < -0.3 is 10.6 Å². The van der Waals surface area contributed by atoms with Gasteiger partial charge in [0.05, 0.1) is 0 Å². The zero-order valence-electron chi connectivity index (χ0n) is 10.4. The molecule has 2 aromatic heterocycles. The first-order valence-corrected chi connectivity index (χ1v) is 6.97. The highest BCUT2D eigenvalue weighted by atomic mass is 32.2. The Morgan fingerprint density at radius 2 is 1.79 bits per heavy atom. The molecule has 0 saturated carbocycles. The summed E-state index contributed by atoms with van der Waals surface area (Å²) in [5.74, 6) is 0.954. The van der Waals surface area contributed by atoms with Gasteiger partial charge in [0.1, 0.15) is 0 Å². The monoisotopic (exact) mass is 274 g/mol. The van der Waals surface area contributed by atoms with Crippen LogP contribution in [-0.2, 0) is 0 Å². The van der Waals surface area contributed by atoms with Crippen LogP contribution in [0.15, 0.2) is 34.6 Å². The summed E-state index contributed by atoms with van der Waals surface area (Å²) in [6.07, 6.45) is 5.85. The highest BCUT2D eigenvalue weighted by molar-refractivity contribution is 7.99. The van der Waals surface area contributed by atoms with E-state index in [9.17, 15) is 0 Å². The predicted octanol–water partition coefficient (Wildman–Crippen LogP) is 1.60. The molecule has 0 spiro atoms. The molecule has 98 valence electrons. The van der Waals surface area contributed by atoms with Crippen molar-refractivity contribution in [2.75, 3.05) is 23.7 Å². The van der Waals surface area contributed by atoms with Crippen LogP contribution in [-0.4, -0.2) is 33.0 Å². The summed E-state index contributed by atoms with van der Waals surface area (Å²) in [5, 5.41) is 0.626. The second-order valence-corrected chi connectivity index (χ2v) is 5.30. The van der Waals surface area contributed by atoms with E-state index in [1.165, 1.54) is 24.6 Å². The molecule has 0 aromatic carbocycles. The lowest BCUT2D eigenvalue weighted by Gasteiger charge is -2.15. The Bertz CT molecular complexity index is 555. The smallest absolute Gasteiger partial charge is 0.231 e. The van der Waals surface area contributed by atoms with E-state index < -0.39 is 0 Å². The van der Waals surface area contributed by atoms with Gasteiger partial charge in [-0.3, -0.25) is 4.98 Å². The molecule has 0 aliphatic carbocycles. The number of nitrogen functional groups attached to an aromatic ring is 1. The van der Waals surface area contributed by atoms with E-state index in [0.29, 0.717) is 11.1 Å². The van der Waals surface area contributed by atoms with Crippen molar-refractivity contribution in [3.63, 3.8) is 0 Å². The molecule has 0 radical (unpaired) electrons. The van der Waals surface area contributed by atoms with Gasteiger partial charge in [-0.05, 0) is 36.7 Å². The minimum Gasteiger partial charge on any atom is -0.368 e. The van der Waals surface area contributed by atoms with E-state index in [0.717, 1.165) is 18.0 Å². The molecule has 2 aromatic rings. The summed E-state index contributed by atoms with van der Waals surface area (Å²) in [5.41, 5.74) is 5.77. The summed E-state index contributed by atoms with van der Waals surface area (Å²) in [7, 11) is 0. The van der Waals surface area contributed by atoms with Crippen LogP contribution in [0.25, 0.3) is 0 Å². The number of rotatable bonds is 3. The lowest BCUT2D eigenvalue weighted by Crippen LogP contribution is -2.21. The first-order valence-electron chi connectivity index (χ1n) is 6.16. The fourth-order valence-corrected chi connectivity index (χ4v) is 2.71. The highest BCUT2D eigenvalue weighted by Gasteiger charge is 2.17. The van der Waals surface area contributed by atoms with Crippen molar-refractivity contribution in [3.8, 4) is 0 Å². The first-order chi connectivity index (χ1) is 9.31. The molecular weight excluding hydrogens is 260 g/mol. The Balaban J connectivity index is 1.85. The van der Waals surface area contributed by atoms with Crippen LogP contribution in [0.5, 0.6) is 0 Å². The maximum Gasteiger partial charge on any atom is 0.231 e. The number of aromatic nitrogens is 4. The van der Waals surface area contributed by atoms with Crippen LogP contribution in [0.1, 0.15) is 12.8 Å². The second-order valence-electron chi connectivity index (χ2n) is 4.26. The molecule has 19 heavy (non-hydrogen) atoms. The number of anilines is 2. The Labute approximate surface area is 115 Å².